The summed E-state index contributed by atoms with van der Waals surface area (Å²) in [5.74, 6) is 0.0288. The van der Waals surface area contributed by atoms with Gasteiger partial charge in [0.15, 0.2) is 0 Å². The Morgan fingerprint density at radius 2 is 1.67 bits per heavy atom. The van der Waals surface area contributed by atoms with Crippen molar-refractivity contribution in [3.8, 4) is 0 Å². The molecular formula is C22H26FN3O. The van der Waals surface area contributed by atoms with Gasteiger partial charge in [0.2, 0.25) is 5.91 Å². The number of nitrogens with zero attached hydrogens (tertiary/aromatic N) is 3. The van der Waals surface area contributed by atoms with Gasteiger partial charge < -0.3 is 4.90 Å². The van der Waals surface area contributed by atoms with Crippen molar-refractivity contribution in [2.45, 2.75) is 26.1 Å². The summed E-state index contributed by atoms with van der Waals surface area (Å²) in [5, 5.41) is 0. The summed E-state index contributed by atoms with van der Waals surface area (Å²) >= 11 is 0. The lowest BCUT2D eigenvalue weighted by Crippen LogP contribution is -2.40. The highest BCUT2D eigenvalue weighted by Crippen LogP contribution is 2.22. The molecule has 0 aliphatic carbocycles. The fourth-order valence-electron chi connectivity index (χ4n) is 4.08. The van der Waals surface area contributed by atoms with Crippen molar-refractivity contribution in [2.75, 3.05) is 32.7 Å². The average Bonchev–Trinajstić information content (AvgIpc) is 2.91. The number of rotatable bonds is 4. The van der Waals surface area contributed by atoms with Gasteiger partial charge in [-0.05, 0) is 35.2 Å². The van der Waals surface area contributed by atoms with Crippen LogP contribution in [0.2, 0.25) is 0 Å². The molecule has 5 heteroatoms. The summed E-state index contributed by atoms with van der Waals surface area (Å²) in [5.41, 5.74) is 3.66. The van der Waals surface area contributed by atoms with E-state index in [-0.39, 0.29) is 11.7 Å². The van der Waals surface area contributed by atoms with E-state index in [4.69, 9.17) is 0 Å². The van der Waals surface area contributed by atoms with Gasteiger partial charge in [-0.25, -0.2) is 4.39 Å². The van der Waals surface area contributed by atoms with Crippen LogP contribution in [0, 0.1) is 5.82 Å². The van der Waals surface area contributed by atoms with Gasteiger partial charge in [0.05, 0.1) is 6.54 Å². The molecule has 0 N–H and O–H groups in total. The number of fused-ring (bicyclic) bond motifs is 1. The van der Waals surface area contributed by atoms with Gasteiger partial charge in [0.1, 0.15) is 5.82 Å². The fraction of sp³-hybridized carbons (Fsp3) is 0.409. The van der Waals surface area contributed by atoms with Gasteiger partial charge in [-0.3, -0.25) is 14.6 Å². The number of carbonyl (C=O) groups excluding carboxylic acids is 1. The third-order valence-corrected chi connectivity index (χ3v) is 5.50. The van der Waals surface area contributed by atoms with Crippen LogP contribution >= 0.6 is 0 Å². The normalized spacial score (nSPS) is 18.3. The van der Waals surface area contributed by atoms with Crippen LogP contribution in [-0.2, 0) is 24.4 Å². The van der Waals surface area contributed by atoms with E-state index in [1.807, 2.05) is 11.0 Å². The molecule has 2 aliphatic heterocycles. The maximum absolute atomic E-state index is 13.4. The number of hydrogen-bond donors (Lipinski definition) is 0. The first-order valence-electron chi connectivity index (χ1n) is 9.71. The lowest BCUT2D eigenvalue weighted by Gasteiger charge is -2.24. The second-order valence-corrected chi connectivity index (χ2v) is 7.55. The molecule has 0 atom stereocenters. The Morgan fingerprint density at radius 3 is 2.41 bits per heavy atom. The Hall–Kier alpha value is -2.24. The third kappa shape index (κ3) is 4.54. The minimum atomic E-state index is -0.189. The van der Waals surface area contributed by atoms with Crippen LogP contribution < -0.4 is 0 Å². The van der Waals surface area contributed by atoms with Gasteiger partial charge in [-0.1, -0.05) is 36.4 Å². The van der Waals surface area contributed by atoms with E-state index < -0.39 is 0 Å². The topological polar surface area (TPSA) is 26.8 Å². The lowest BCUT2D eigenvalue weighted by atomic mass is 10.1. The summed E-state index contributed by atoms with van der Waals surface area (Å²) in [6.07, 6.45) is 0.960. The van der Waals surface area contributed by atoms with Crippen molar-refractivity contribution >= 4 is 5.91 Å². The maximum atomic E-state index is 13.4. The number of benzene rings is 2. The van der Waals surface area contributed by atoms with Gasteiger partial charge in [-0.2, -0.15) is 0 Å². The molecule has 0 bridgehead atoms. The second kappa shape index (κ2) is 8.19. The Balaban J connectivity index is 1.28. The summed E-state index contributed by atoms with van der Waals surface area (Å²) in [6, 6.07) is 15.2. The monoisotopic (exact) mass is 367 g/mol. The number of carbonyl (C=O) groups is 1. The molecule has 1 amide bonds. The predicted molar refractivity (Wildman–Crippen MR) is 103 cm³/mol. The zero-order valence-electron chi connectivity index (χ0n) is 15.6. The number of halogens is 1. The van der Waals surface area contributed by atoms with Crippen LogP contribution in [0.15, 0.2) is 48.5 Å². The van der Waals surface area contributed by atoms with E-state index in [2.05, 4.69) is 34.1 Å². The largest absolute Gasteiger partial charge is 0.340 e. The molecule has 0 radical (unpaired) electrons. The van der Waals surface area contributed by atoms with E-state index in [0.29, 0.717) is 6.54 Å². The molecule has 27 heavy (non-hydrogen) atoms. The van der Waals surface area contributed by atoms with Crippen molar-refractivity contribution in [1.29, 1.82) is 0 Å². The Kier molecular flexibility index (Phi) is 5.50. The minimum absolute atomic E-state index is 0.189. The van der Waals surface area contributed by atoms with E-state index in [9.17, 15) is 9.18 Å². The van der Waals surface area contributed by atoms with Gasteiger partial charge in [0.25, 0.3) is 0 Å². The number of hydrogen-bond acceptors (Lipinski definition) is 3. The second-order valence-electron chi connectivity index (χ2n) is 7.55. The van der Waals surface area contributed by atoms with Crippen molar-refractivity contribution in [3.63, 3.8) is 0 Å². The van der Waals surface area contributed by atoms with Gasteiger partial charge in [0, 0.05) is 45.8 Å². The molecule has 142 valence electrons. The zero-order valence-corrected chi connectivity index (χ0v) is 15.6. The molecule has 2 aromatic carbocycles. The van der Waals surface area contributed by atoms with Crippen LogP contribution in [0.5, 0.6) is 0 Å². The Bertz CT molecular complexity index is 785. The molecule has 1 saturated heterocycles. The summed E-state index contributed by atoms with van der Waals surface area (Å²) in [7, 11) is 0. The van der Waals surface area contributed by atoms with E-state index >= 15 is 0 Å². The van der Waals surface area contributed by atoms with Crippen molar-refractivity contribution in [2.24, 2.45) is 0 Å². The molecule has 4 nitrogen and oxygen atoms in total. The molecule has 0 aromatic heterocycles. The molecule has 0 unspecified atom stereocenters. The summed E-state index contributed by atoms with van der Waals surface area (Å²) < 4.78 is 13.4. The highest BCUT2D eigenvalue weighted by Gasteiger charge is 2.24. The Morgan fingerprint density at radius 1 is 0.889 bits per heavy atom. The van der Waals surface area contributed by atoms with Crippen molar-refractivity contribution < 1.29 is 9.18 Å². The summed E-state index contributed by atoms with van der Waals surface area (Å²) in [6.45, 7) is 6.27. The average molecular weight is 367 g/mol. The number of amides is 1. The quantitative estimate of drug-likeness (QED) is 0.831. The molecule has 0 spiro atoms. The SMILES string of the molecule is O=C(CN1Cc2ccccc2C1)N1CCCN(Cc2cccc(F)c2)CC1. The first-order chi connectivity index (χ1) is 13.2. The van der Waals surface area contributed by atoms with E-state index in [1.54, 1.807) is 12.1 Å². The molecule has 2 aliphatic rings. The van der Waals surface area contributed by atoms with Crippen LogP contribution in [-0.4, -0.2) is 53.3 Å². The molecule has 1 fully saturated rings. The van der Waals surface area contributed by atoms with Gasteiger partial charge >= 0.3 is 0 Å². The van der Waals surface area contributed by atoms with Gasteiger partial charge in [-0.15, -0.1) is 0 Å². The fourth-order valence-corrected chi connectivity index (χ4v) is 4.08. The minimum Gasteiger partial charge on any atom is -0.340 e. The molecule has 0 saturated carbocycles. The predicted octanol–water partition coefficient (Wildman–Crippen LogP) is 2.88. The van der Waals surface area contributed by atoms with Crippen LogP contribution in [0.3, 0.4) is 0 Å². The highest BCUT2D eigenvalue weighted by molar-refractivity contribution is 5.78. The summed E-state index contributed by atoms with van der Waals surface area (Å²) in [4.78, 5) is 19.3. The van der Waals surface area contributed by atoms with Crippen molar-refractivity contribution in [3.05, 3.63) is 71.0 Å². The van der Waals surface area contributed by atoms with E-state index in [1.165, 1.54) is 17.2 Å². The maximum Gasteiger partial charge on any atom is 0.236 e. The molecule has 2 aromatic rings. The van der Waals surface area contributed by atoms with Crippen LogP contribution in [0.25, 0.3) is 0 Å². The zero-order chi connectivity index (χ0) is 18.6. The van der Waals surface area contributed by atoms with Crippen LogP contribution in [0.1, 0.15) is 23.1 Å². The highest BCUT2D eigenvalue weighted by atomic mass is 19.1. The Labute approximate surface area is 160 Å². The van der Waals surface area contributed by atoms with E-state index in [0.717, 1.165) is 57.8 Å². The van der Waals surface area contributed by atoms with Crippen molar-refractivity contribution in [1.82, 2.24) is 14.7 Å². The van der Waals surface area contributed by atoms with Crippen LogP contribution in [0.4, 0.5) is 4.39 Å². The first kappa shape index (κ1) is 18.1. The molecule has 4 rings (SSSR count). The lowest BCUT2D eigenvalue weighted by molar-refractivity contribution is -0.132. The first-order valence-corrected chi connectivity index (χ1v) is 9.71. The standard InChI is InChI=1S/C22H26FN3O/c23-21-8-3-5-18(13-21)14-24-9-4-10-26(12-11-24)22(27)17-25-15-19-6-1-2-7-20(19)16-25/h1-3,5-8,13H,4,9-12,14-17H2. The smallest absolute Gasteiger partial charge is 0.236 e. The molecule has 2 heterocycles. The molecular weight excluding hydrogens is 341 g/mol. The third-order valence-electron chi connectivity index (χ3n) is 5.50.